The topological polar surface area (TPSA) is 217 Å². The van der Waals surface area contributed by atoms with E-state index in [4.69, 9.17) is 33.2 Å². The molecule has 1 saturated heterocycles. The fourth-order valence-corrected chi connectivity index (χ4v) is 4.05. The Morgan fingerprint density at radius 1 is 0.841 bits per heavy atom. The highest BCUT2D eigenvalue weighted by Gasteiger charge is 2.51. The molecule has 0 aliphatic carbocycles. The number of carbonyl (C=O) groups excluding carboxylic acids is 5. The Bertz CT molecular complexity index is 1150. The predicted octanol–water partition coefficient (Wildman–Crippen LogP) is 0.0305. The van der Waals surface area contributed by atoms with Crippen LogP contribution >= 0.6 is 0 Å². The third kappa shape index (κ3) is 12.6. The summed E-state index contributed by atoms with van der Waals surface area (Å²) < 4.78 is 38.3. The number of nitro benzene ring substituents is 1. The Morgan fingerprint density at radius 2 is 1.43 bits per heavy atom. The van der Waals surface area contributed by atoms with Crippen molar-refractivity contribution in [3.63, 3.8) is 0 Å². The van der Waals surface area contributed by atoms with Gasteiger partial charge >= 0.3 is 17.9 Å². The summed E-state index contributed by atoms with van der Waals surface area (Å²) in [4.78, 5) is 69.3. The second-order valence-electron chi connectivity index (χ2n) is 9.38. The van der Waals surface area contributed by atoms with E-state index in [0.29, 0.717) is 0 Å². The molecule has 2 amide bonds. The highest BCUT2D eigenvalue weighted by Crippen LogP contribution is 2.28. The molecule has 44 heavy (non-hydrogen) atoms. The number of nitrogens with zero attached hydrogens (tertiary/aromatic N) is 1. The molecule has 5 atom stereocenters. The number of ether oxygens (including phenoxy) is 7. The average molecular weight is 628 g/mol. The van der Waals surface area contributed by atoms with Crippen LogP contribution in [0, 0.1) is 10.1 Å². The number of rotatable bonds is 17. The molecule has 0 saturated carbocycles. The van der Waals surface area contributed by atoms with Crippen LogP contribution in [0.2, 0.25) is 0 Å². The van der Waals surface area contributed by atoms with Crippen LogP contribution in [-0.4, -0.2) is 111 Å². The highest BCUT2D eigenvalue weighted by molar-refractivity contribution is 5.94. The number of benzene rings is 1. The second kappa shape index (κ2) is 18.5. The summed E-state index contributed by atoms with van der Waals surface area (Å²) in [5.41, 5.74) is 0.164. The first kappa shape index (κ1) is 36.0. The van der Waals surface area contributed by atoms with Crippen molar-refractivity contribution in [2.75, 3.05) is 46.2 Å². The van der Waals surface area contributed by atoms with Gasteiger partial charge < -0.3 is 43.8 Å². The van der Waals surface area contributed by atoms with Crippen molar-refractivity contribution in [1.82, 2.24) is 10.6 Å². The molecule has 1 heterocycles. The van der Waals surface area contributed by atoms with Gasteiger partial charge in [0.05, 0.1) is 38.0 Å². The first-order chi connectivity index (χ1) is 20.9. The summed E-state index contributed by atoms with van der Waals surface area (Å²) in [5, 5.41) is 15.9. The molecule has 1 aromatic carbocycles. The Labute approximate surface area is 252 Å². The second-order valence-corrected chi connectivity index (χ2v) is 9.38. The summed E-state index contributed by atoms with van der Waals surface area (Å²) in [6.07, 6.45) is -4.73. The van der Waals surface area contributed by atoms with Gasteiger partial charge in [0.1, 0.15) is 18.8 Å². The lowest BCUT2D eigenvalue weighted by Crippen LogP contribution is -2.66. The zero-order valence-electron chi connectivity index (χ0n) is 24.8. The van der Waals surface area contributed by atoms with Crippen molar-refractivity contribution < 1.29 is 62.1 Å². The smallest absolute Gasteiger partial charge is 0.303 e. The van der Waals surface area contributed by atoms with Crippen molar-refractivity contribution in [3.8, 4) is 0 Å². The fourth-order valence-electron chi connectivity index (χ4n) is 4.05. The Hall–Kier alpha value is -4.19. The summed E-state index contributed by atoms with van der Waals surface area (Å²) in [5.74, 6) is -2.95. The minimum Gasteiger partial charge on any atom is -0.463 e. The maximum absolute atomic E-state index is 12.1. The minimum absolute atomic E-state index is 0.0304. The van der Waals surface area contributed by atoms with E-state index in [1.165, 1.54) is 38.1 Å². The monoisotopic (exact) mass is 627 g/mol. The number of carbonyl (C=O) groups is 5. The molecule has 0 aromatic heterocycles. The van der Waals surface area contributed by atoms with E-state index in [2.05, 4.69) is 10.6 Å². The molecule has 2 N–H and O–H groups in total. The molecule has 2 rings (SSSR count). The molecule has 244 valence electrons. The number of hydrogen-bond acceptors (Lipinski definition) is 14. The number of nitro groups is 1. The van der Waals surface area contributed by atoms with Gasteiger partial charge in [-0.3, -0.25) is 34.1 Å². The minimum atomic E-state index is -1.23. The van der Waals surface area contributed by atoms with E-state index in [1.54, 1.807) is 0 Å². The number of esters is 3. The van der Waals surface area contributed by atoms with Gasteiger partial charge in [0.15, 0.2) is 18.5 Å². The molecule has 0 radical (unpaired) electrons. The normalized spacial score (nSPS) is 21.0. The molecule has 0 bridgehead atoms. The quantitative estimate of drug-likeness (QED) is 0.0766. The summed E-state index contributed by atoms with van der Waals surface area (Å²) in [6, 6.07) is 4.11. The molecule has 1 aliphatic rings. The van der Waals surface area contributed by atoms with Crippen LogP contribution in [0.5, 0.6) is 0 Å². The molecule has 0 spiro atoms. The van der Waals surface area contributed by atoms with Gasteiger partial charge in [-0.15, -0.1) is 0 Å². The highest BCUT2D eigenvalue weighted by atomic mass is 16.7. The van der Waals surface area contributed by atoms with Crippen LogP contribution in [0.25, 0.3) is 0 Å². The van der Waals surface area contributed by atoms with Gasteiger partial charge in [-0.2, -0.15) is 0 Å². The summed E-state index contributed by atoms with van der Waals surface area (Å²) in [6.45, 7) is 5.17. The van der Waals surface area contributed by atoms with E-state index < -0.39 is 65.3 Å². The Morgan fingerprint density at radius 3 is 2.00 bits per heavy atom. The molecule has 1 fully saturated rings. The van der Waals surface area contributed by atoms with E-state index in [9.17, 15) is 34.1 Å². The van der Waals surface area contributed by atoms with Gasteiger partial charge in [0.2, 0.25) is 5.91 Å². The first-order valence-electron chi connectivity index (χ1n) is 13.6. The van der Waals surface area contributed by atoms with Crippen molar-refractivity contribution in [1.29, 1.82) is 0 Å². The SMILES string of the molecule is CC(=O)NC1C(OCCOCCOCCNC(=O)c2ccc([N+](=O)[O-])cc2)OC(COC(C)=O)[C@H](OC(C)=O)C1OC(C)=O. The molecule has 1 aliphatic heterocycles. The van der Waals surface area contributed by atoms with Crippen molar-refractivity contribution in [3.05, 3.63) is 39.9 Å². The average Bonchev–Trinajstić information content (AvgIpc) is 2.95. The predicted molar refractivity (Wildman–Crippen MR) is 147 cm³/mol. The van der Waals surface area contributed by atoms with Crippen LogP contribution in [0.4, 0.5) is 5.69 Å². The van der Waals surface area contributed by atoms with Crippen LogP contribution < -0.4 is 10.6 Å². The van der Waals surface area contributed by atoms with E-state index in [1.807, 2.05) is 0 Å². The number of hydrogen-bond donors (Lipinski definition) is 2. The number of non-ortho nitro benzene ring substituents is 1. The molecule has 1 aromatic rings. The Balaban J connectivity index is 1.82. The lowest BCUT2D eigenvalue weighted by Gasteiger charge is -2.44. The lowest BCUT2D eigenvalue weighted by molar-refractivity contribution is -0.384. The van der Waals surface area contributed by atoms with E-state index >= 15 is 0 Å². The maximum atomic E-state index is 12.1. The first-order valence-corrected chi connectivity index (χ1v) is 13.6. The molecule has 17 nitrogen and oxygen atoms in total. The van der Waals surface area contributed by atoms with Crippen LogP contribution in [0.1, 0.15) is 38.1 Å². The Kier molecular flexibility index (Phi) is 15.1. The standard InChI is InChI=1S/C27H37N3O14/c1-16(31)29-23-25(43-19(4)34)24(42-18(3)33)22(15-41-17(2)32)44-27(23)40-14-13-39-12-11-38-10-9-28-26(35)20-5-7-21(8-6-20)30(36)37/h5-8,22-25,27H,9-15H2,1-4H3,(H,28,35)(H,29,31)/t22?,23?,24-,25?,27?/m0/s1. The van der Waals surface area contributed by atoms with Crippen LogP contribution in [0.3, 0.4) is 0 Å². The zero-order valence-corrected chi connectivity index (χ0v) is 24.8. The van der Waals surface area contributed by atoms with Crippen molar-refractivity contribution >= 4 is 35.4 Å². The van der Waals surface area contributed by atoms with Gasteiger partial charge in [0, 0.05) is 51.9 Å². The molecular weight excluding hydrogens is 590 g/mol. The maximum Gasteiger partial charge on any atom is 0.303 e. The van der Waals surface area contributed by atoms with E-state index in [-0.39, 0.29) is 57.4 Å². The van der Waals surface area contributed by atoms with E-state index in [0.717, 1.165) is 13.8 Å². The van der Waals surface area contributed by atoms with Gasteiger partial charge in [-0.1, -0.05) is 0 Å². The third-order valence-corrected chi connectivity index (χ3v) is 5.83. The molecule has 4 unspecified atom stereocenters. The van der Waals surface area contributed by atoms with Crippen LogP contribution in [0.15, 0.2) is 24.3 Å². The van der Waals surface area contributed by atoms with Gasteiger partial charge in [-0.05, 0) is 12.1 Å². The number of amides is 2. The third-order valence-electron chi connectivity index (χ3n) is 5.83. The van der Waals surface area contributed by atoms with Crippen LogP contribution in [-0.2, 0) is 52.3 Å². The summed E-state index contributed by atoms with van der Waals surface area (Å²) >= 11 is 0. The zero-order chi connectivity index (χ0) is 32.6. The van der Waals surface area contributed by atoms with Gasteiger partial charge in [0.25, 0.3) is 11.6 Å². The lowest BCUT2D eigenvalue weighted by atomic mass is 9.96. The fraction of sp³-hybridized carbons (Fsp3) is 0.593. The van der Waals surface area contributed by atoms with Crippen molar-refractivity contribution in [2.45, 2.75) is 58.3 Å². The van der Waals surface area contributed by atoms with Crippen molar-refractivity contribution in [2.24, 2.45) is 0 Å². The van der Waals surface area contributed by atoms with Gasteiger partial charge in [-0.25, -0.2) is 0 Å². The summed E-state index contributed by atoms with van der Waals surface area (Å²) in [7, 11) is 0. The largest absolute Gasteiger partial charge is 0.463 e. The molecule has 17 heteroatoms. The molecular formula is C27H37N3O14. The number of nitrogens with one attached hydrogen (secondary N) is 2.